The van der Waals surface area contributed by atoms with E-state index < -0.39 is 72.1 Å². The Kier molecular flexibility index (Phi) is 27.3. The van der Waals surface area contributed by atoms with Crippen LogP contribution in [0.15, 0.2) is 99.1 Å². The smallest absolute Gasteiger partial charge is 0.431 e. The number of esters is 1. The Morgan fingerprint density at radius 2 is 1.61 bits per heavy atom. The van der Waals surface area contributed by atoms with Crippen LogP contribution in [0, 0.1) is 6.92 Å². The third-order valence-corrected chi connectivity index (χ3v) is 13.2. The molecule has 0 aliphatic carbocycles. The molecule has 0 bridgehead atoms. The van der Waals surface area contributed by atoms with E-state index in [-0.39, 0.29) is 42.1 Å². The summed E-state index contributed by atoms with van der Waals surface area (Å²) < 4.78 is 82.7. The lowest BCUT2D eigenvalue weighted by Crippen LogP contribution is -2.45. The number of methoxy groups -OCH3 is 2. The van der Waals surface area contributed by atoms with Gasteiger partial charge in [-0.2, -0.15) is 13.2 Å². The summed E-state index contributed by atoms with van der Waals surface area (Å²) in [7, 11) is -0.241. The molecule has 6 rings (SSSR count). The topological polar surface area (TPSA) is 268 Å². The summed E-state index contributed by atoms with van der Waals surface area (Å²) >= 11 is 17.0. The third kappa shape index (κ3) is 20.6. The number of alkyl halides is 6. The molecule has 28 heteroatoms. The zero-order valence-corrected chi connectivity index (χ0v) is 49.9. The molecule has 1 fully saturated rings. The van der Waals surface area contributed by atoms with Crippen LogP contribution in [-0.4, -0.2) is 121 Å². The van der Waals surface area contributed by atoms with Gasteiger partial charge >= 0.3 is 31.4 Å². The van der Waals surface area contributed by atoms with Gasteiger partial charge in [0.05, 0.1) is 56.8 Å². The highest BCUT2D eigenvalue weighted by atomic mass is 35.5. The Bertz CT molecular complexity index is 3080. The SMILES string of the molecule is CC1(C)OC(c2ccco2)CN1C(=O)C(Cl)Cl.CCc1ccc(COc2ccc(-n3c(=O)cc(C(F)(F)F)n(C)c3=O)cc2)c(OC(C)C(=O)OC)c1.CCc1cccc(C)c1N(C(=O)CCl)C(C)COC.O=C(O)CNCP(=O)(O)O. The summed E-state index contributed by atoms with van der Waals surface area (Å²) in [6.07, 6.45) is -3.34. The van der Waals surface area contributed by atoms with Gasteiger partial charge in [0, 0.05) is 25.8 Å². The summed E-state index contributed by atoms with van der Waals surface area (Å²) in [5.74, 6) is -0.606. The van der Waals surface area contributed by atoms with Gasteiger partial charge in [0.15, 0.2) is 10.9 Å². The second kappa shape index (κ2) is 32.0. The summed E-state index contributed by atoms with van der Waals surface area (Å²) in [5.41, 5.74) is 0.669. The number of carboxylic acids is 1. The molecule has 0 spiro atoms. The summed E-state index contributed by atoms with van der Waals surface area (Å²) in [6.45, 7) is 13.7. The van der Waals surface area contributed by atoms with Gasteiger partial charge in [-0.3, -0.25) is 33.6 Å². The maximum atomic E-state index is 13.1. The van der Waals surface area contributed by atoms with Crippen LogP contribution in [0.2, 0.25) is 0 Å². The third-order valence-electron chi connectivity index (χ3n) is 12.0. The number of rotatable bonds is 20. The van der Waals surface area contributed by atoms with E-state index in [1.54, 1.807) is 45.1 Å². The number of aryl methyl sites for hydroxylation is 3. The van der Waals surface area contributed by atoms with Gasteiger partial charge in [0.25, 0.3) is 11.5 Å². The molecule has 82 heavy (non-hydrogen) atoms. The lowest BCUT2D eigenvalue weighted by molar-refractivity contribution is -0.148. The highest BCUT2D eigenvalue weighted by molar-refractivity contribution is 7.51. The van der Waals surface area contributed by atoms with Crippen LogP contribution in [-0.2, 0) is 70.6 Å². The molecule has 3 atom stereocenters. The number of halogens is 6. The number of amides is 2. The maximum Gasteiger partial charge on any atom is 0.431 e. The Labute approximate surface area is 486 Å². The van der Waals surface area contributed by atoms with E-state index in [1.165, 1.54) is 36.3 Å². The van der Waals surface area contributed by atoms with Crippen molar-refractivity contribution in [2.45, 2.75) is 103 Å². The number of para-hydroxylation sites is 1. The first kappa shape index (κ1) is 70.1. The van der Waals surface area contributed by atoms with Crippen molar-refractivity contribution in [2.24, 2.45) is 7.05 Å². The second-order valence-corrected chi connectivity index (χ2v) is 21.5. The highest BCUT2D eigenvalue weighted by Crippen LogP contribution is 2.37. The highest BCUT2D eigenvalue weighted by Gasteiger charge is 2.45. The first-order valence-electron chi connectivity index (χ1n) is 25.1. The van der Waals surface area contributed by atoms with Gasteiger partial charge in [-0.15, -0.1) is 11.6 Å². The van der Waals surface area contributed by atoms with Crippen molar-refractivity contribution >= 4 is 71.8 Å². The number of nitrogens with one attached hydrogen (secondary N) is 1. The number of hydrogen-bond donors (Lipinski definition) is 4. The number of carbonyl (C=O) groups is 4. The van der Waals surface area contributed by atoms with E-state index >= 15 is 0 Å². The number of ether oxygens (including phenoxy) is 5. The zero-order valence-electron chi connectivity index (χ0n) is 46.7. The molecule has 21 nitrogen and oxygen atoms in total. The van der Waals surface area contributed by atoms with Crippen molar-refractivity contribution in [1.29, 1.82) is 0 Å². The number of benzene rings is 3. The van der Waals surface area contributed by atoms with Crippen LogP contribution < -0.4 is 30.9 Å². The van der Waals surface area contributed by atoms with E-state index in [1.807, 2.05) is 57.2 Å². The molecule has 0 saturated carbocycles. The Hall–Kier alpha value is -6.21. The van der Waals surface area contributed by atoms with Gasteiger partial charge < -0.3 is 52.8 Å². The van der Waals surface area contributed by atoms with Crippen LogP contribution in [0.5, 0.6) is 11.5 Å². The fourth-order valence-corrected chi connectivity index (χ4v) is 8.77. The predicted molar refractivity (Wildman–Crippen MR) is 301 cm³/mol. The van der Waals surface area contributed by atoms with Crippen LogP contribution >= 0.6 is 42.4 Å². The van der Waals surface area contributed by atoms with Crippen LogP contribution in [0.25, 0.3) is 5.69 Å². The summed E-state index contributed by atoms with van der Waals surface area (Å²) in [4.78, 5) is 88.9. The largest absolute Gasteiger partial charge is 0.489 e. The van der Waals surface area contributed by atoms with E-state index in [9.17, 15) is 46.5 Å². The van der Waals surface area contributed by atoms with E-state index in [0.29, 0.717) is 51.2 Å². The predicted octanol–water partition coefficient (Wildman–Crippen LogP) is 8.32. The minimum absolute atomic E-state index is 0.0223. The second-order valence-electron chi connectivity index (χ2n) is 18.5. The minimum atomic E-state index is -4.84. The van der Waals surface area contributed by atoms with Gasteiger partial charge in [0.1, 0.15) is 47.3 Å². The Morgan fingerprint density at radius 3 is 2.13 bits per heavy atom. The molecule has 1 saturated heterocycles. The molecule has 0 radical (unpaired) electrons. The van der Waals surface area contributed by atoms with Crippen molar-refractivity contribution in [3.63, 3.8) is 0 Å². The summed E-state index contributed by atoms with van der Waals surface area (Å²) in [6, 6.07) is 21.3. The van der Waals surface area contributed by atoms with Gasteiger partial charge in [-0.25, -0.2) is 14.2 Å². The standard InChI is InChI=1S/C25H25F3N2O6.C15H22ClNO2.C11H13Cl2NO3.C3H8NO5P/c1-5-16-6-7-17(20(12-16)36-15(2)23(32)34-4)14-35-19-10-8-18(9-11-19)30-22(31)13-21(25(26,27)28)29(3)24(30)33;1-5-13-8-6-7-11(2)15(13)17(14(18)9-16)12(3)10-19-4;1-11(2)14(10(15)9(12)13)6-8(17-11)7-4-3-5-16-7;5-3(6)1-4-2-10(7,8)9/h6-13,15H,5,14H2,1-4H3;6-8,12H,5,9-10H2,1-4H3;3-5,8-9H,6H2,1-2H3;4H,1-2H2,(H,5,6)(H2,7,8,9). The van der Waals surface area contributed by atoms with E-state index in [0.717, 1.165) is 42.3 Å². The van der Waals surface area contributed by atoms with Crippen molar-refractivity contribution in [2.75, 3.05) is 51.0 Å². The molecule has 5 aromatic rings. The minimum Gasteiger partial charge on any atom is -0.489 e. The molecular weight excluding hydrogens is 1170 g/mol. The molecule has 452 valence electrons. The lowest BCUT2D eigenvalue weighted by atomic mass is 10.0. The van der Waals surface area contributed by atoms with Crippen molar-refractivity contribution < 1.29 is 79.9 Å². The van der Waals surface area contributed by atoms with Crippen LogP contribution in [0.1, 0.15) is 81.4 Å². The first-order chi connectivity index (χ1) is 38.3. The summed E-state index contributed by atoms with van der Waals surface area (Å²) in [5, 5.41) is 10.1. The number of aromatic nitrogens is 2. The molecule has 2 aromatic heterocycles. The van der Waals surface area contributed by atoms with E-state index in [2.05, 4.69) is 18.3 Å². The van der Waals surface area contributed by atoms with Crippen molar-refractivity contribution in [1.82, 2.24) is 19.4 Å². The van der Waals surface area contributed by atoms with Crippen molar-refractivity contribution in [3.05, 3.63) is 140 Å². The van der Waals surface area contributed by atoms with E-state index in [4.69, 9.17) is 77.8 Å². The molecule has 3 heterocycles. The molecule has 2 amide bonds. The van der Waals surface area contributed by atoms with Crippen molar-refractivity contribution in [3.8, 4) is 17.2 Å². The number of anilines is 1. The zero-order chi connectivity index (χ0) is 61.9. The van der Waals surface area contributed by atoms with Crippen LogP contribution in [0.4, 0.5) is 18.9 Å². The molecular formula is C54H68Cl3F3N5O16P. The number of carboxylic acid groups (broad SMARTS) is 1. The molecule has 3 aromatic carbocycles. The quantitative estimate of drug-likeness (QED) is 0.0324. The van der Waals surface area contributed by atoms with Gasteiger partial charge in [-0.1, -0.05) is 67.4 Å². The number of furan rings is 1. The number of carbonyl (C=O) groups excluding carboxylic acids is 3. The molecule has 3 unspecified atom stereocenters. The van der Waals surface area contributed by atoms with Gasteiger partial charge in [-0.05, 0) is 107 Å². The lowest BCUT2D eigenvalue weighted by Gasteiger charge is -2.31. The number of nitrogens with zero attached hydrogens (tertiary/aromatic N) is 4. The monoisotopic (exact) mass is 1240 g/mol. The average Bonchev–Trinajstić information content (AvgIpc) is 4.22. The Balaban J connectivity index is 0.000000321. The molecule has 1 aliphatic heterocycles. The number of aliphatic carboxylic acids is 1. The fourth-order valence-electron chi connectivity index (χ4n) is 8.00. The molecule has 1 aliphatic rings. The van der Waals surface area contributed by atoms with Gasteiger partial charge in [0.2, 0.25) is 5.91 Å². The Morgan fingerprint density at radius 1 is 0.951 bits per heavy atom. The first-order valence-corrected chi connectivity index (χ1v) is 28.3. The maximum absolute atomic E-state index is 13.1. The van der Waals surface area contributed by atoms with Crippen LogP contribution in [0.3, 0.4) is 0 Å². The molecule has 4 N–H and O–H groups in total. The normalized spacial score (nSPS) is 14.4. The average molecular weight is 1240 g/mol. The number of hydrogen-bond acceptors (Lipinski definition) is 14. The fraction of sp³-hybridized carbons (Fsp3) is 0.444.